The largest absolute Gasteiger partial charge is 0.495 e. The van der Waals surface area contributed by atoms with Gasteiger partial charge in [0, 0.05) is 20.2 Å². The van der Waals surface area contributed by atoms with Crippen LogP contribution in [0.1, 0.15) is 23.2 Å². The molecule has 0 saturated carbocycles. The first-order valence-corrected chi connectivity index (χ1v) is 8.28. The topological polar surface area (TPSA) is 93.1 Å². The highest BCUT2D eigenvalue weighted by Gasteiger charge is 2.32. The summed E-state index contributed by atoms with van der Waals surface area (Å²) in [5, 5.41) is 9.05. The highest BCUT2D eigenvalue weighted by Crippen LogP contribution is 2.29. The summed E-state index contributed by atoms with van der Waals surface area (Å²) in [6.07, 6.45) is 1.27. The van der Waals surface area contributed by atoms with E-state index >= 15 is 0 Å². The number of piperidine rings is 1. The first kappa shape index (κ1) is 16.7. The molecule has 1 aliphatic heterocycles. The first-order chi connectivity index (χ1) is 10.4. The molecule has 1 aliphatic rings. The molecule has 0 amide bonds. The Morgan fingerprint density at radius 3 is 2.41 bits per heavy atom. The third-order valence-corrected chi connectivity index (χ3v) is 5.68. The lowest BCUT2D eigenvalue weighted by molar-refractivity contribution is 0.0604. The van der Waals surface area contributed by atoms with Gasteiger partial charge < -0.3 is 14.6 Å². The van der Waals surface area contributed by atoms with Gasteiger partial charge in [0.25, 0.3) is 0 Å². The molecular formula is C14H19NO6S. The van der Waals surface area contributed by atoms with Crippen molar-refractivity contribution in [2.75, 3.05) is 27.3 Å². The Morgan fingerprint density at radius 1 is 1.27 bits per heavy atom. The summed E-state index contributed by atoms with van der Waals surface area (Å²) in [7, 11) is -0.845. The molecule has 0 bridgehead atoms. The van der Waals surface area contributed by atoms with Crippen molar-refractivity contribution in [3.8, 4) is 5.75 Å². The van der Waals surface area contributed by atoms with Crippen LogP contribution in [0, 0.1) is 0 Å². The molecule has 1 fully saturated rings. The fraction of sp³-hybridized carbons (Fsp3) is 0.500. The zero-order valence-corrected chi connectivity index (χ0v) is 13.3. The van der Waals surface area contributed by atoms with Gasteiger partial charge in [-0.2, -0.15) is 4.31 Å². The quantitative estimate of drug-likeness (QED) is 0.872. The van der Waals surface area contributed by atoms with Gasteiger partial charge in [-0.15, -0.1) is 0 Å². The number of hydrogen-bond donors (Lipinski definition) is 1. The maximum atomic E-state index is 12.7. The average molecular weight is 329 g/mol. The van der Waals surface area contributed by atoms with Crippen molar-refractivity contribution in [2.24, 2.45) is 0 Å². The van der Waals surface area contributed by atoms with Crippen LogP contribution in [0.4, 0.5) is 0 Å². The molecule has 1 heterocycles. The van der Waals surface area contributed by atoms with Gasteiger partial charge in [0.1, 0.15) is 10.6 Å². The van der Waals surface area contributed by atoms with Crippen LogP contribution in [0.5, 0.6) is 5.75 Å². The van der Waals surface area contributed by atoms with E-state index in [2.05, 4.69) is 0 Å². The summed E-state index contributed by atoms with van der Waals surface area (Å²) in [4.78, 5) is 11.0. The Morgan fingerprint density at radius 2 is 1.91 bits per heavy atom. The Balaban J connectivity index is 2.36. The number of hydrogen-bond acceptors (Lipinski definition) is 5. The Hall–Kier alpha value is -1.64. The van der Waals surface area contributed by atoms with Crippen molar-refractivity contribution >= 4 is 16.0 Å². The Bertz CT molecular complexity index is 649. The van der Waals surface area contributed by atoms with Gasteiger partial charge in [-0.25, -0.2) is 13.2 Å². The molecule has 1 saturated heterocycles. The SMILES string of the molecule is COc1ccc(C(=O)O)cc1S(=O)(=O)N1CCC(OC)CC1. The second-order valence-corrected chi connectivity index (χ2v) is 6.92. The number of methoxy groups -OCH3 is 2. The van der Waals surface area contributed by atoms with Crippen LogP contribution in [0.3, 0.4) is 0 Å². The zero-order valence-electron chi connectivity index (χ0n) is 12.5. The molecule has 7 nitrogen and oxygen atoms in total. The van der Waals surface area contributed by atoms with Crippen LogP contribution in [-0.4, -0.2) is 57.2 Å². The number of carboxylic acid groups (broad SMARTS) is 1. The van der Waals surface area contributed by atoms with E-state index in [9.17, 15) is 13.2 Å². The van der Waals surface area contributed by atoms with E-state index in [1.807, 2.05) is 0 Å². The summed E-state index contributed by atoms with van der Waals surface area (Å²) in [5.74, 6) is -1.05. The molecule has 22 heavy (non-hydrogen) atoms. The summed E-state index contributed by atoms with van der Waals surface area (Å²) >= 11 is 0. The summed E-state index contributed by atoms with van der Waals surface area (Å²) in [5.41, 5.74) is -0.0915. The molecule has 0 aromatic heterocycles. The number of aromatic carboxylic acids is 1. The summed E-state index contributed by atoms with van der Waals surface area (Å²) in [6.45, 7) is 0.669. The monoisotopic (exact) mass is 329 g/mol. The molecule has 1 aromatic carbocycles. The van der Waals surface area contributed by atoms with Gasteiger partial charge in [0.15, 0.2) is 0 Å². The number of sulfonamides is 1. The van der Waals surface area contributed by atoms with Crippen LogP contribution >= 0.6 is 0 Å². The van der Waals surface area contributed by atoms with Crippen molar-refractivity contribution < 1.29 is 27.8 Å². The van der Waals surface area contributed by atoms with Gasteiger partial charge in [0.05, 0.1) is 18.8 Å². The minimum atomic E-state index is -3.80. The van der Waals surface area contributed by atoms with Crippen molar-refractivity contribution in [3.05, 3.63) is 23.8 Å². The number of ether oxygens (including phenoxy) is 2. The molecule has 0 unspecified atom stereocenters. The van der Waals surface area contributed by atoms with Crippen molar-refractivity contribution in [2.45, 2.75) is 23.8 Å². The molecule has 0 aliphatic carbocycles. The maximum Gasteiger partial charge on any atom is 0.335 e. The molecule has 122 valence electrons. The van der Waals surface area contributed by atoms with Gasteiger partial charge in [-0.3, -0.25) is 0 Å². The van der Waals surface area contributed by atoms with E-state index < -0.39 is 16.0 Å². The minimum absolute atomic E-state index is 0.0544. The van der Waals surface area contributed by atoms with E-state index in [-0.39, 0.29) is 22.3 Å². The van der Waals surface area contributed by atoms with E-state index in [0.717, 1.165) is 6.07 Å². The van der Waals surface area contributed by atoms with E-state index in [4.69, 9.17) is 14.6 Å². The normalized spacial score (nSPS) is 17.4. The fourth-order valence-corrected chi connectivity index (χ4v) is 4.11. The fourth-order valence-electron chi connectivity index (χ4n) is 2.46. The summed E-state index contributed by atoms with van der Waals surface area (Å²) in [6, 6.07) is 3.81. The molecular weight excluding hydrogens is 310 g/mol. The Labute approximate surface area is 129 Å². The lowest BCUT2D eigenvalue weighted by Gasteiger charge is -2.30. The first-order valence-electron chi connectivity index (χ1n) is 6.84. The standard InChI is InChI=1S/C14H19NO6S/c1-20-11-5-7-15(8-6-11)22(18,19)13-9-10(14(16)17)3-4-12(13)21-2/h3-4,9,11H,5-8H2,1-2H3,(H,16,17). The average Bonchev–Trinajstić information content (AvgIpc) is 2.54. The van der Waals surface area contributed by atoms with Gasteiger partial charge in [-0.05, 0) is 31.0 Å². The summed E-state index contributed by atoms with van der Waals surface area (Å²) < 4.78 is 37.1. The van der Waals surface area contributed by atoms with Gasteiger partial charge >= 0.3 is 5.97 Å². The number of benzene rings is 1. The second kappa shape index (κ2) is 6.64. The van der Waals surface area contributed by atoms with Crippen molar-refractivity contribution in [1.29, 1.82) is 0 Å². The van der Waals surface area contributed by atoms with E-state index in [0.29, 0.717) is 25.9 Å². The zero-order chi connectivity index (χ0) is 16.3. The molecule has 0 radical (unpaired) electrons. The highest BCUT2D eigenvalue weighted by atomic mass is 32.2. The number of rotatable bonds is 5. The van der Waals surface area contributed by atoms with Crippen molar-refractivity contribution in [3.63, 3.8) is 0 Å². The predicted molar refractivity (Wildman–Crippen MR) is 78.7 cm³/mol. The lowest BCUT2D eigenvalue weighted by Crippen LogP contribution is -2.40. The van der Waals surface area contributed by atoms with Gasteiger partial charge in [-0.1, -0.05) is 0 Å². The van der Waals surface area contributed by atoms with E-state index in [1.165, 1.54) is 23.5 Å². The molecule has 2 rings (SSSR count). The molecule has 1 aromatic rings. The molecule has 8 heteroatoms. The second-order valence-electron chi connectivity index (χ2n) is 5.01. The number of carboxylic acids is 1. The molecule has 0 spiro atoms. The Kier molecular flexibility index (Phi) is 5.05. The van der Waals surface area contributed by atoms with Crippen LogP contribution in [0.2, 0.25) is 0 Å². The number of nitrogens with zero attached hydrogens (tertiary/aromatic N) is 1. The van der Waals surface area contributed by atoms with Gasteiger partial charge in [0.2, 0.25) is 10.0 Å². The van der Waals surface area contributed by atoms with Crippen LogP contribution < -0.4 is 4.74 Å². The van der Waals surface area contributed by atoms with Crippen molar-refractivity contribution in [1.82, 2.24) is 4.31 Å². The number of carbonyl (C=O) groups is 1. The van der Waals surface area contributed by atoms with E-state index in [1.54, 1.807) is 7.11 Å². The van der Waals surface area contributed by atoms with Crippen LogP contribution in [0.15, 0.2) is 23.1 Å². The predicted octanol–water partition coefficient (Wildman–Crippen LogP) is 1.19. The maximum absolute atomic E-state index is 12.7. The highest BCUT2D eigenvalue weighted by molar-refractivity contribution is 7.89. The third-order valence-electron chi connectivity index (χ3n) is 3.76. The van der Waals surface area contributed by atoms with Crippen LogP contribution in [-0.2, 0) is 14.8 Å². The molecule has 1 N–H and O–H groups in total. The lowest BCUT2D eigenvalue weighted by atomic mass is 10.1. The van der Waals surface area contributed by atoms with Crippen LogP contribution in [0.25, 0.3) is 0 Å². The molecule has 0 atom stereocenters. The third kappa shape index (κ3) is 3.23. The minimum Gasteiger partial charge on any atom is -0.495 e. The smallest absolute Gasteiger partial charge is 0.335 e.